The number of benzene rings is 1. The van der Waals surface area contributed by atoms with Gasteiger partial charge in [0.05, 0.1) is 5.69 Å². The van der Waals surface area contributed by atoms with E-state index in [1.54, 1.807) is 6.20 Å². The summed E-state index contributed by atoms with van der Waals surface area (Å²) in [5.74, 6) is 0.378. The highest BCUT2D eigenvalue weighted by Crippen LogP contribution is 2.14. The third-order valence-corrected chi connectivity index (χ3v) is 4.29. The molecule has 29 heavy (non-hydrogen) atoms. The Balaban J connectivity index is 1.58. The minimum absolute atomic E-state index is 0.201. The van der Waals surface area contributed by atoms with E-state index < -0.39 is 0 Å². The Kier molecular flexibility index (Phi) is 7.10. The van der Waals surface area contributed by atoms with Crippen LogP contribution in [0.5, 0.6) is 5.75 Å². The molecule has 0 saturated heterocycles. The van der Waals surface area contributed by atoms with Crippen molar-refractivity contribution in [3.63, 3.8) is 0 Å². The number of unbranched alkanes of at least 4 members (excludes halogenated alkanes) is 1. The smallest absolute Gasteiger partial charge is 0.271 e. The molecule has 0 aliphatic rings. The number of nitrogens with one attached hydrogen (secondary N) is 1. The number of aryl methyl sites for hydroxylation is 1. The molecule has 0 aliphatic carbocycles. The van der Waals surface area contributed by atoms with Gasteiger partial charge in [-0.1, -0.05) is 31.5 Å². The predicted molar refractivity (Wildman–Crippen MR) is 110 cm³/mol. The van der Waals surface area contributed by atoms with E-state index in [9.17, 15) is 9.59 Å². The van der Waals surface area contributed by atoms with Crippen molar-refractivity contribution in [2.45, 2.75) is 39.5 Å². The Labute approximate surface area is 169 Å². The van der Waals surface area contributed by atoms with Gasteiger partial charge < -0.3 is 10.1 Å². The van der Waals surface area contributed by atoms with Crippen LogP contribution in [0.2, 0.25) is 0 Å². The quantitative estimate of drug-likeness (QED) is 0.605. The first-order chi connectivity index (χ1) is 14.2. The molecule has 7 nitrogen and oxygen atoms in total. The molecule has 2 aromatic heterocycles. The Morgan fingerprint density at radius 2 is 2.03 bits per heavy atom. The number of pyridine rings is 1. The maximum atomic E-state index is 12.4. The van der Waals surface area contributed by atoms with Gasteiger partial charge in [-0.25, -0.2) is 4.68 Å². The van der Waals surface area contributed by atoms with E-state index in [2.05, 4.69) is 15.4 Å². The van der Waals surface area contributed by atoms with Gasteiger partial charge in [-0.2, -0.15) is 5.10 Å². The topological polar surface area (TPSA) is 86.1 Å². The van der Waals surface area contributed by atoms with Gasteiger partial charge in [0.15, 0.2) is 0 Å². The molecule has 150 valence electrons. The summed E-state index contributed by atoms with van der Waals surface area (Å²) in [7, 11) is 0. The van der Waals surface area contributed by atoms with Gasteiger partial charge >= 0.3 is 0 Å². The summed E-state index contributed by atoms with van der Waals surface area (Å²) >= 11 is 0. The molecule has 3 rings (SSSR count). The van der Waals surface area contributed by atoms with Gasteiger partial charge in [0.1, 0.15) is 18.1 Å². The second kappa shape index (κ2) is 10.2. The highest BCUT2D eigenvalue weighted by molar-refractivity contribution is 5.91. The van der Waals surface area contributed by atoms with Crippen molar-refractivity contribution in [3.8, 4) is 5.75 Å². The van der Waals surface area contributed by atoms with Crippen molar-refractivity contribution >= 4 is 5.91 Å². The standard InChI is InChI=1S/C22H24N4O3/c1-2-3-13-26-21(27)11-10-20(25-26)22(28)24-15-17-7-6-9-19(14-17)29-16-18-8-4-5-12-23-18/h4-12,14H,2-3,13,15-16H2,1H3,(H,24,28). The lowest BCUT2D eigenvalue weighted by Gasteiger charge is -2.09. The lowest BCUT2D eigenvalue weighted by Crippen LogP contribution is -2.29. The van der Waals surface area contributed by atoms with Crippen molar-refractivity contribution in [1.82, 2.24) is 20.1 Å². The summed E-state index contributed by atoms with van der Waals surface area (Å²) in [5, 5.41) is 7.00. The number of amides is 1. The van der Waals surface area contributed by atoms with Crippen molar-refractivity contribution in [1.29, 1.82) is 0 Å². The average molecular weight is 392 g/mol. The van der Waals surface area contributed by atoms with Crippen molar-refractivity contribution in [3.05, 3.63) is 88.1 Å². The average Bonchev–Trinajstić information content (AvgIpc) is 2.76. The Morgan fingerprint density at radius 3 is 2.83 bits per heavy atom. The van der Waals surface area contributed by atoms with Crippen LogP contribution in [0.1, 0.15) is 41.5 Å². The van der Waals surface area contributed by atoms with Gasteiger partial charge in [0.25, 0.3) is 11.5 Å². The molecule has 0 aliphatic heterocycles. The van der Waals surface area contributed by atoms with E-state index >= 15 is 0 Å². The molecule has 0 atom stereocenters. The van der Waals surface area contributed by atoms with Gasteiger partial charge in [-0.3, -0.25) is 14.6 Å². The SMILES string of the molecule is CCCCn1nc(C(=O)NCc2cccc(OCc3ccccn3)c2)ccc1=O. The Morgan fingerprint density at radius 1 is 1.14 bits per heavy atom. The second-order valence-corrected chi connectivity index (χ2v) is 6.57. The summed E-state index contributed by atoms with van der Waals surface area (Å²) in [6.07, 6.45) is 3.51. The predicted octanol–water partition coefficient (Wildman–Crippen LogP) is 2.95. The number of rotatable bonds is 9. The number of nitrogens with zero attached hydrogens (tertiary/aromatic N) is 3. The molecule has 0 saturated carbocycles. The van der Waals surface area contributed by atoms with Crippen molar-refractivity contribution in [2.24, 2.45) is 0 Å². The lowest BCUT2D eigenvalue weighted by molar-refractivity contribution is 0.0943. The number of carbonyl (C=O) groups excluding carboxylic acids is 1. The fourth-order valence-electron chi connectivity index (χ4n) is 2.70. The van der Waals surface area contributed by atoms with E-state index in [4.69, 9.17) is 4.74 Å². The van der Waals surface area contributed by atoms with Crippen LogP contribution in [-0.2, 0) is 19.7 Å². The second-order valence-electron chi connectivity index (χ2n) is 6.57. The third-order valence-electron chi connectivity index (χ3n) is 4.29. The van der Waals surface area contributed by atoms with Crippen LogP contribution in [0, 0.1) is 0 Å². The van der Waals surface area contributed by atoms with Crippen molar-refractivity contribution < 1.29 is 9.53 Å². The summed E-state index contributed by atoms with van der Waals surface area (Å²) in [5.41, 5.74) is 1.77. The summed E-state index contributed by atoms with van der Waals surface area (Å²) in [4.78, 5) is 28.5. The van der Waals surface area contributed by atoms with Gasteiger partial charge in [0.2, 0.25) is 0 Å². The third kappa shape index (κ3) is 6.00. The van der Waals surface area contributed by atoms with E-state index in [-0.39, 0.29) is 17.2 Å². The fourth-order valence-corrected chi connectivity index (χ4v) is 2.70. The number of aromatic nitrogens is 3. The normalized spacial score (nSPS) is 10.5. The summed E-state index contributed by atoms with van der Waals surface area (Å²) in [6.45, 7) is 3.25. The molecular weight excluding hydrogens is 368 g/mol. The van der Waals surface area contributed by atoms with Crippen LogP contribution in [0.3, 0.4) is 0 Å². The van der Waals surface area contributed by atoms with Gasteiger partial charge in [-0.15, -0.1) is 0 Å². The van der Waals surface area contributed by atoms with Crippen LogP contribution in [0.15, 0.2) is 65.6 Å². The largest absolute Gasteiger partial charge is 0.487 e. The molecule has 7 heteroatoms. The van der Waals surface area contributed by atoms with Gasteiger partial charge in [0, 0.05) is 25.4 Å². The molecule has 0 radical (unpaired) electrons. The molecule has 3 aromatic rings. The number of ether oxygens (including phenoxy) is 1. The van der Waals surface area contributed by atoms with Crippen LogP contribution in [-0.4, -0.2) is 20.7 Å². The first-order valence-corrected chi connectivity index (χ1v) is 9.63. The number of hydrogen-bond acceptors (Lipinski definition) is 5. The first-order valence-electron chi connectivity index (χ1n) is 9.63. The monoisotopic (exact) mass is 392 g/mol. The summed E-state index contributed by atoms with van der Waals surface area (Å²) in [6, 6.07) is 16.0. The zero-order chi connectivity index (χ0) is 20.5. The summed E-state index contributed by atoms with van der Waals surface area (Å²) < 4.78 is 7.10. The van der Waals surface area contributed by atoms with E-state index in [0.717, 1.165) is 24.1 Å². The van der Waals surface area contributed by atoms with E-state index in [0.29, 0.717) is 25.4 Å². The lowest BCUT2D eigenvalue weighted by atomic mass is 10.2. The maximum absolute atomic E-state index is 12.4. The number of carbonyl (C=O) groups is 1. The Bertz CT molecular complexity index is 1000. The molecule has 0 fully saturated rings. The zero-order valence-electron chi connectivity index (χ0n) is 16.4. The highest BCUT2D eigenvalue weighted by Gasteiger charge is 2.10. The van der Waals surface area contributed by atoms with E-state index in [1.807, 2.05) is 49.4 Å². The minimum atomic E-state index is -0.324. The fraction of sp³-hybridized carbons (Fsp3) is 0.273. The molecule has 2 heterocycles. The molecule has 0 bridgehead atoms. The zero-order valence-corrected chi connectivity index (χ0v) is 16.4. The van der Waals surface area contributed by atoms with Crippen molar-refractivity contribution in [2.75, 3.05) is 0 Å². The minimum Gasteiger partial charge on any atom is -0.487 e. The molecule has 1 aromatic carbocycles. The van der Waals surface area contributed by atoms with Crippen LogP contribution in [0.25, 0.3) is 0 Å². The first kappa shape index (κ1) is 20.3. The molecule has 1 amide bonds. The maximum Gasteiger partial charge on any atom is 0.271 e. The van der Waals surface area contributed by atoms with E-state index in [1.165, 1.54) is 16.8 Å². The molecule has 1 N–H and O–H groups in total. The molecule has 0 unspecified atom stereocenters. The van der Waals surface area contributed by atoms with Crippen LogP contribution >= 0.6 is 0 Å². The molecule has 0 spiro atoms. The van der Waals surface area contributed by atoms with Crippen LogP contribution < -0.4 is 15.6 Å². The highest BCUT2D eigenvalue weighted by atomic mass is 16.5. The van der Waals surface area contributed by atoms with Gasteiger partial charge in [-0.05, 0) is 42.3 Å². The molecular formula is C22H24N4O3. The Hall–Kier alpha value is -3.48. The number of hydrogen-bond donors (Lipinski definition) is 1. The van der Waals surface area contributed by atoms with Crippen LogP contribution in [0.4, 0.5) is 0 Å².